The molecule has 27 heavy (non-hydrogen) atoms. The summed E-state index contributed by atoms with van der Waals surface area (Å²) in [5.41, 5.74) is 1.80. The summed E-state index contributed by atoms with van der Waals surface area (Å²) in [6.45, 7) is 1.39. The average Bonchev–Trinajstić information content (AvgIpc) is 3.18. The summed E-state index contributed by atoms with van der Waals surface area (Å²) in [7, 11) is 0. The van der Waals surface area contributed by atoms with E-state index in [1.807, 2.05) is 22.9 Å². The second kappa shape index (κ2) is 10.1. The molecule has 3 heterocycles. The molecule has 0 aromatic carbocycles. The summed E-state index contributed by atoms with van der Waals surface area (Å²) in [4.78, 5) is 15.0. The number of nitrogens with zero attached hydrogens (tertiary/aromatic N) is 3. The van der Waals surface area contributed by atoms with E-state index in [9.17, 15) is 4.79 Å². The molecule has 0 amide bonds. The van der Waals surface area contributed by atoms with Crippen molar-refractivity contribution in [1.82, 2.24) is 14.8 Å². The van der Waals surface area contributed by atoms with Crippen molar-refractivity contribution >= 4 is 5.97 Å². The van der Waals surface area contributed by atoms with Crippen LogP contribution in [0.4, 0.5) is 0 Å². The van der Waals surface area contributed by atoms with Gasteiger partial charge in [0.25, 0.3) is 0 Å². The third-order valence-corrected chi connectivity index (χ3v) is 4.65. The molecule has 1 fully saturated rings. The normalized spacial score (nSPS) is 17.0. The number of carboxylic acids is 1. The summed E-state index contributed by atoms with van der Waals surface area (Å²) in [6, 6.07) is 5.82. The molecule has 146 valence electrons. The highest BCUT2D eigenvalue weighted by Crippen LogP contribution is 2.27. The first-order valence-electron chi connectivity index (χ1n) is 9.70. The highest BCUT2D eigenvalue weighted by Gasteiger charge is 2.19. The van der Waals surface area contributed by atoms with Crippen molar-refractivity contribution in [2.75, 3.05) is 13.2 Å². The Morgan fingerprint density at radius 1 is 1.22 bits per heavy atom. The van der Waals surface area contributed by atoms with Gasteiger partial charge in [0.05, 0.1) is 24.2 Å². The minimum Gasteiger partial charge on any atom is -0.492 e. The molecule has 2 aromatic heterocycles. The molecule has 1 saturated heterocycles. The van der Waals surface area contributed by atoms with Crippen LogP contribution in [0, 0.1) is 0 Å². The van der Waals surface area contributed by atoms with Gasteiger partial charge in [-0.15, -0.1) is 0 Å². The Labute approximate surface area is 159 Å². The van der Waals surface area contributed by atoms with Gasteiger partial charge >= 0.3 is 5.97 Å². The van der Waals surface area contributed by atoms with Crippen molar-refractivity contribution in [2.45, 2.75) is 57.6 Å². The van der Waals surface area contributed by atoms with Crippen molar-refractivity contribution in [3.05, 3.63) is 30.6 Å². The van der Waals surface area contributed by atoms with Gasteiger partial charge in [-0.25, -0.2) is 4.68 Å². The number of carboxylic acid groups (broad SMARTS) is 1. The highest BCUT2D eigenvalue weighted by atomic mass is 16.5. The van der Waals surface area contributed by atoms with Gasteiger partial charge in [0.2, 0.25) is 0 Å². The maximum Gasteiger partial charge on any atom is 0.303 e. The number of unbranched alkanes of at least 4 members (excludes halogenated alkanes) is 3. The van der Waals surface area contributed by atoms with E-state index in [2.05, 4.69) is 10.1 Å². The van der Waals surface area contributed by atoms with Gasteiger partial charge in [0.1, 0.15) is 5.75 Å². The lowest BCUT2D eigenvalue weighted by Crippen LogP contribution is -2.20. The zero-order chi connectivity index (χ0) is 18.9. The Kier molecular flexibility index (Phi) is 7.21. The summed E-state index contributed by atoms with van der Waals surface area (Å²) >= 11 is 0. The largest absolute Gasteiger partial charge is 0.492 e. The topological polar surface area (TPSA) is 86.5 Å². The van der Waals surface area contributed by atoms with Crippen molar-refractivity contribution in [2.24, 2.45) is 0 Å². The Hall–Kier alpha value is -2.41. The predicted molar refractivity (Wildman–Crippen MR) is 101 cm³/mol. The van der Waals surface area contributed by atoms with Crippen molar-refractivity contribution in [1.29, 1.82) is 0 Å². The molecule has 1 unspecified atom stereocenters. The number of aliphatic carboxylic acids is 1. The third kappa shape index (κ3) is 5.79. The SMILES string of the molecule is O=C(O)CCCCCCOc1ccc(-c2ccnn2C2CCCCO2)nc1. The summed E-state index contributed by atoms with van der Waals surface area (Å²) in [5, 5.41) is 13.0. The van der Waals surface area contributed by atoms with Gasteiger partial charge < -0.3 is 14.6 Å². The lowest BCUT2D eigenvalue weighted by molar-refractivity contribution is -0.137. The van der Waals surface area contributed by atoms with Crippen molar-refractivity contribution in [3.8, 4) is 17.1 Å². The fourth-order valence-electron chi connectivity index (χ4n) is 3.20. The maximum atomic E-state index is 10.5. The molecule has 0 aliphatic carbocycles. The van der Waals surface area contributed by atoms with Gasteiger partial charge in [-0.2, -0.15) is 5.10 Å². The van der Waals surface area contributed by atoms with Crippen LogP contribution in [-0.4, -0.2) is 39.1 Å². The first-order chi connectivity index (χ1) is 13.2. The molecule has 1 atom stereocenters. The van der Waals surface area contributed by atoms with E-state index >= 15 is 0 Å². The molecule has 3 rings (SSSR count). The standard InChI is InChI=1S/C20H27N3O4/c24-20(25)8-3-1-2-5-13-26-16-9-10-17(21-15-16)18-11-12-22-23(18)19-7-4-6-14-27-19/h9-12,15,19H,1-8,13-14H2,(H,24,25). The number of rotatable bonds is 10. The summed E-state index contributed by atoms with van der Waals surface area (Å²) in [6.07, 6.45) is 10.5. The average molecular weight is 373 g/mol. The summed E-state index contributed by atoms with van der Waals surface area (Å²) < 4.78 is 13.5. The zero-order valence-electron chi connectivity index (χ0n) is 15.5. The molecular weight excluding hydrogens is 346 g/mol. The first-order valence-corrected chi connectivity index (χ1v) is 9.70. The third-order valence-electron chi connectivity index (χ3n) is 4.65. The van der Waals surface area contributed by atoms with Crippen LogP contribution in [-0.2, 0) is 9.53 Å². The van der Waals surface area contributed by atoms with Crippen LogP contribution in [0.1, 0.15) is 57.6 Å². The van der Waals surface area contributed by atoms with Crippen LogP contribution >= 0.6 is 0 Å². The lowest BCUT2D eigenvalue weighted by atomic mass is 10.1. The number of aromatic nitrogens is 3. The molecule has 1 aliphatic heterocycles. The van der Waals surface area contributed by atoms with E-state index in [4.69, 9.17) is 14.6 Å². The summed E-state index contributed by atoms with van der Waals surface area (Å²) in [5.74, 6) is 0.0121. The molecule has 0 saturated carbocycles. The molecule has 1 N–H and O–H groups in total. The number of carbonyl (C=O) groups is 1. The molecule has 0 spiro atoms. The van der Waals surface area contributed by atoms with Gasteiger partial charge in [0.15, 0.2) is 6.23 Å². The van der Waals surface area contributed by atoms with E-state index < -0.39 is 5.97 Å². The minimum absolute atomic E-state index is 0.0115. The molecule has 0 bridgehead atoms. The number of hydrogen-bond donors (Lipinski definition) is 1. The smallest absolute Gasteiger partial charge is 0.303 e. The van der Waals surface area contributed by atoms with Crippen molar-refractivity contribution in [3.63, 3.8) is 0 Å². The van der Waals surface area contributed by atoms with E-state index in [1.165, 1.54) is 0 Å². The minimum atomic E-state index is -0.728. The van der Waals surface area contributed by atoms with Gasteiger partial charge in [-0.1, -0.05) is 12.8 Å². The maximum absolute atomic E-state index is 10.5. The fourth-order valence-corrected chi connectivity index (χ4v) is 3.20. The molecule has 0 radical (unpaired) electrons. The number of hydrogen-bond acceptors (Lipinski definition) is 5. The lowest BCUT2D eigenvalue weighted by Gasteiger charge is -2.24. The molecular formula is C20H27N3O4. The van der Waals surface area contributed by atoms with Gasteiger partial charge in [0, 0.05) is 19.2 Å². The highest BCUT2D eigenvalue weighted by molar-refractivity contribution is 5.66. The van der Waals surface area contributed by atoms with Crippen LogP contribution < -0.4 is 4.74 Å². The Bertz CT molecular complexity index is 708. The number of ether oxygens (including phenoxy) is 2. The van der Waals surface area contributed by atoms with Gasteiger partial charge in [-0.3, -0.25) is 9.78 Å². The van der Waals surface area contributed by atoms with E-state index in [0.29, 0.717) is 6.61 Å². The zero-order valence-corrected chi connectivity index (χ0v) is 15.5. The van der Waals surface area contributed by atoms with E-state index in [-0.39, 0.29) is 12.6 Å². The van der Waals surface area contributed by atoms with Crippen LogP contribution in [0.2, 0.25) is 0 Å². The van der Waals surface area contributed by atoms with E-state index in [1.54, 1.807) is 12.4 Å². The first kappa shape index (κ1) is 19.4. The van der Waals surface area contributed by atoms with Crippen LogP contribution in [0.3, 0.4) is 0 Å². The number of pyridine rings is 1. The Morgan fingerprint density at radius 2 is 2.11 bits per heavy atom. The molecule has 1 aliphatic rings. The Morgan fingerprint density at radius 3 is 2.85 bits per heavy atom. The van der Waals surface area contributed by atoms with Gasteiger partial charge in [-0.05, 0) is 50.3 Å². The second-order valence-corrected chi connectivity index (χ2v) is 6.77. The second-order valence-electron chi connectivity index (χ2n) is 6.77. The monoisotopic (exact) mass is 373 g/mol. The molecule has 2 aromatic rings. The quantitative estimate of drug-likeness (QED) is 0.632. The molecule has 7 nitrogen and oxygen atoms in total. The van der Waals surface area contributed by atoms with Crippen LogP contribution in [0.5, 0.6) is 5.75 Å². The predicted octanol–water partition coefficient (Wildman–Crippen LogP) is 4.06. The fraction of sp³-hybridized carbons (Fsp3) is 0.550. The van der Waals surface area contributed by atoms with Crippen LogP contribution in [0.15, 0.2) is 30.6 Å². The van der Waals surface area contributed by atoms with Crippen molar-refractivity contribution < 1.29 is 19.4 Å². The van der Waals surface area contributed by atoms with Crippen LogP contribution in [0.25, 0.3) is 11.4 Å². The van der Waals surface area contributed by atoms with E-state index in [0.717, 1.165) is 68.7 Å². The molecule has 7 heteroatoms. The Balaban J connectivity index is 1.47.